The van der Waals surface area contributed by atoms with Crippen molar-refractivity contribution in [3.63, 3.8) is 0 Å². The number of hydrogen-bond donors (Lipinski definition) is 2. The Bertz CT molecular complexity index is 712. The summed E-state index contributed by atoms with van der Waals surface area (Å²) in [6.45, 7) is 4.76. The topological polar surface area (TPSA) is 81.5 Å². The summed E-state index contributed by atoms with van der Waals surface area (Å²) in [7, 11) is 0. The molecule has 0 saturated heterocycles. The van der Waals surface area contributed by atoms with Gasteiger partial charge in [0.1, 0.15) is 12.1 Å². The van der Waals surface area contributed by atoms with Crippen LogP contribution in [0.5, 0.6) is 0 Å². The first-order chi connectivity index (χ1) is 13.0. The molecule has 27 heavy (non-hydrogen) atoms. The number of carboxylic acids is 1. The molecule has 5 heteroatoms. The Morgan fingerprint density at radius 1 is 1.37 bits per heavy atom. The Labute approximate surface area is 161 Å². The van der Waals surface area contributed by atoms with Crippen LogP contribution in [-0.4, -0.2) is 34.6 Å². The Balaban J connectivity index is 2.21. The number of hydrogen-bond acceptors (Lipinski definition) is 3. The highest BCUT2D eigenvalue weighted by atomic mass is 16.4. The second-order valence-electron chi connectivity index (χ2n) is 7.14. The molecule has 1 aromatic carbocycles. The maximum Gasteiger partial charge on any atom is 0.307 e. The van der Waals surface area contributed by atoms with Crippen molar-refractivity contribution in [2.24, 2.45) is 5.92 Å². The van der Waals surface area contributed by atoms with Crippen LogP contribution in [0.25, 0.3) is 0 Å². The van der Waals surface area contributed by atoms with Crippen molar-refractivity contribution in [3.8, 4) is 0 Å². The maximum absolute atomic E-state index is 11.5. The summed E-state index contributed by atoms with van der Waals surface area (Å²) in [4.78, 5) is 24.1. The second kappa shape index (κ2) is 10.0. The zero-order valence-corrected chi connectivity index (χ0v) is 16.3. The molecule has 0 heterocycles. The number of benzene rings is 1. The van der Waals surface area contributed by atoms with Gasteiger partial charge in [-0.25, -0.2) is 0 Å². The molecule has 1 aliphatic carbocycles. The van der Waals surface area contributed by atoms with E-state index in [9.17, 15) is 14.7 Å². The van der Waals surface area contributed by atoms with Crippen molar-refractivity contribution in [1.82, 2.24) is 4.90 Å². The van der Waals surface area contributed by atoms with Gasteiger partial charge in [-0.05, 0) is 54.9 Å². The number of aryl methyl sites for hydroxylation is 1. The van der Waals surface area contributed by atoms with Crippen molar-refractivity contribution < 1.29 is 14.7 Å². The first kappa shape index (κ1) is 20.9. The molecule has 0 radical (unpaired) electrons. The first-order valence-corrected chi connectivity index (χ1v) is 9.86. The number of unbranched alkanes of at least 4 members (excludes halogenated alkanes) is 2. The van der Waals surface area contributed by atoms with Gasteiger partial charge in [0.25, 0.3) is 0 Å². The molecule has 146 valence electrons. The van der Waals surface area contributed by atoms with Crippen LogP contribution in [0.1, 0.15) is 68.6 Å². The molecule has 1 aliphatic rings. The predicted molar refractivity (Wildman–Crippen MR) is 107 cm³/mol. The van der Waals surface area contributed by atoms with Crippen LogP contribution in [0.3, 0.4) is 0 Å². The summed E-state index contributed by atoms with van der Waals surface area (Å²) in [5.74, 6) is -0.645. The lowest BCUT2D eigenvalue weighted by Crippen LogP contribution is -2.27. The van der Waals surface area contributed by atoms with Gasteiger partial charge in [-0.1, -0.05) is 38.8 Å². The average Bonchev–Trinajstić information content (AvgIpc) is 3.07. The summed E-state index contributed by atoms with van der Waals surface area (Å²) >= 11 is 0. The summed E-state index contributed by atoms with van der Waals surface area (Å²) < 4.78 is 0. The van der Waals surface area contributed by atoms with Gasteiger partial charge in [0.15, 0.2) is 0 Å². The molecule has 2 N–H and O–H groups in total. The molecule has 2 atom stereocenters. The van der Waals surface area contributed by atoms with Crippen LogP contribution in [0.4, 0.5) is 0 Å². The van der Waals surface area contributed by atoms with E-state index in [-0.39, 0.29) is 11.8 Å². The van der Waals surface area contributed by atoms with Crippen LogP contribution in [0.15, 0.2) is 30.5 Å². The second-order valence-corrected chi connectivity index (χ2v) is 7.14. The molecule has 0 amide bonds. The van der Waals surface area contributed by atoms with Crippen LogP contribution < -0.4 is 0 Å². The van der Waals surface area contributed by atoms with E-state index in [1.54, 1.807) is 6.20 Å². The fraction of sp³-hybridized carbons (Fsp3) is 0.500. The Morgan fingerprint density at radius 3 is 2.78 bits per heavy atom. The number of allylic oxidation sites excluding steroid dienone is 1. The smallest absolute Gasteiger partial charge is 0.307 e. The lowest BCUT2D eigenvalue weighted by molar-refractivity contribution is -0.142. The van der Waals surface area contributed by atoms with Gasteiger partial charge < -0.3 is 10.0 Å². The summed E-state index contributed by atoms with van der Waals surface area (Å²) in [5.41, 5.74) is 3.07. The molecule has 0 bridgehead atoms. The number of aliphatic carboxylic acids is 1. The molecular formula is C22H30N2O3. The number of nitrogens with one attached hydrogen (secondary N) is 1. The van der Waals surface area contributed by atoms with Gasteiger partial charge in [-0.3, -0.25) is 15.0 Å². The number of rotatable bonds is 10. The maximum atomic E-state index is 11.5. The molecule has 1 aromatic rings. The van der Waals surface area contributed by atoms with Crippen LogP contribution in [0.2, 0.25) is 0 Å². The number of fused-ring (bicyclic) bond motifs is 1. The molecule has 5 nitrogen and oxygen atoms in total. The Morgan fingerprint density at radius 2 is 2.15 bits per heavy atom. The highest BCUT2D eigenvalue weighted by molar-refractivity contribution is 5.97. The molecular weight excluding hydrogens is 340 g/mol. The van der Waals surface area contributed by atoms with Crippen LogP contribution >= 0.6 is 0 Å². The Kier molecular flexibility index (Phi) is 7.77. The Hall–Kier alpha value is -2.43. The molecule has 0 fully saturated rings. The summed E-state index contributed by atoms with van der Waals surface area (Å²) in [5, 5.41) is 18.1. The third kappa shape index (κ3) is 5.06. The van der Waals surface area contributed by atoms with E-state index in [0.29, 0.717) is 18.8 Å². The standard InChI is InChI=1S/C22H30N2O3/c1-3-5-6-12-24(13-7-14-25)21(23)17-9-10-19-16(15-17)8-11-20(19)18(4-2)22(26)27/h7,9-10,13-15,18,20,23H,3-6,8,11-12H2,1-2H3,(H,26,27)/b13-7+,23-21?. The largest absolute Gasteiger partial charge is 0.481 e. The molecule has 0 aromatic heterocycles. The normalized spacial score (nSPS) is 16.9. The van der Waals surface area contributed by atoms with Gasteiger partial charge in [-0.15, -0.1) is 0 Å². The third-order valence-electron chi connectivity index (χ3n) is 5.42. The lowest BCUT2D eigenvalue weighted by Gasteiger charge is -2.22. The lowest BCUT2D eigenvalue weighted by atomic mass is 9.85. The zero-order valence-electron chi connectivity index (χ0n) is 16.3. The van der Waals surface area contributed by atoms with Crippen molar-refractivity contribution in [3.05, 3.63) is 47.2 Å². The van der Waals surface area contributed by atoms with E-state index in [1.165, 1.54) is 6.08 Å². The number of aldehydes is 1. The molecule has 2 unspecified atom stereocenters. The van der Waals surface area contributed by atoms with Gasteiger partial charge in [0.2, 0.25) is 0 Å². The minimum Gasteiger partial charge on any atom is -0.481 e. The van der Waals surface area contributed by atoms with Gasteiger partial charge in [0, 0.05) is 18.3 Å². The van der Waals surface area contributed by atoms with Gasteiger partial charge in [-0.2, -0.15) is 0 Å². The van der Waals surface area contributed by atoms with E-state index in [1.807, 2.05) is 30.0 Å². The summed E-state index contributed by atoms with van der Waals surface area (Å²) in [6.07, 6.45) is 9.28. The number of carboxylic acid groups (broad SMARTS) is 1. The van der Waals surface area contributed by atoms with Crippen molar-refractivity contribution >= 4 is 18.1 Å². The highest BCUT2D eigenvalue weighted by Crippen LogP contribution is 2.40. The molecule has 0 saturated carbocycles. The minimum atomic E-state index is -0.728. The fourth-order valence-corrected chi connectivity index (χ4v) is 3.94. The van der Waals surface area contributed by atoms with E-state index in [0.717, 1.165) is 55.1 Å². The van der Waals surface area contributed by atoms with E-state index >= 15 is 0 Å². The fourth-order valence-electron chi connectivity index (χ4n) is 3.94. The summed E-state index contributed by atoms with van der Waals surface area (Å²) in [6, 6.07) is 5.93. The number of carbonyl (C=O) groups is 2. The SMILES string of the molecule is CCCCCN(/C=C/C=O)C(=N)c1ccc2c(c1)CCC2C(CC)C(=O)O. The number of amidine groups is 1. The van der Waals surface area contributed by atoms with Crippen molar-refractivity contribution in [2.75, 3.05) is 6.54 Å². The highest BCUT2D eigenvalue weighted by Gasteiger charge is 2.33. The minimum absolute atomic E-state index is 0.0568. The monoisotopic (exact) mass is 370 g/mol. The number of carbonyl (C=O) groups excluding carboxylic acids is 1. The van der Waals surface area contributed by atoms with Crippen molar-refractivity contribution in [1.29, 1.82) is 5.41 Å². The van der Waals surface area contributed by atoms with Gasteiger partial charge >= 0.3 is 5.97 Å². The zero-order chi connectivity index (χ0) is 19.8. The van der Waals surface area contributed by atoms with Crippen LogP contribution in [-0.2, 0) is 16.0 Å². The predicted octanol–water partition coefficient (Wildman–Crippen LogP) is 4.36. The van der Waals surface area contributed by atoms with Gasteiger partial charge in [0.05, 0.1) is 5.92 Å². The average molecular weight is 370 g/mol. The molecule has 0 spiro atoms. The quantitative estimate of drug-likeness (QED) is 0.211. The number of nitrogens with zero attached hydrogens (tertiary/aromatic N) is 1. The van der Waals surface area contributed by atoms with Crippen molar-refractivity contribution in [2.45, 2.75) is 58.3 Å². The van der Waals surface area contributed by atoms with E-state index in [4.69, 9.17) is 5.41 Å². The van der Waals surface area contributed by atoms with E-state index < -0.39 is 5.97 Å². The first-order valence-electron chi connectivity index (χ1n) is 9.86. The molecule has 0 aliphatic heterocycles. The van der Waals surface area contributed by atoms with Crippen LogP contribution in [0, 0.1) is 11.3 Å². The molecule has 2 rings (SSSR count). The third-order valence-corrected chi connectivity index (χ3v) is 5.42. The van der Waals surface area contributed by atoms with E-state index in [2.05, 4.69) is 6.92 Å².